The van der Waals surface area contributed by atoms with Crippen molar-refractivity contribution >= 4 is 43.8 Å². The molecule has 3 amide bonds. The summed E-state index contributed by atoms with van der Waals surface area (Å²) < 4.78 is 63.1. The van der Waals surface area contributed by atoms with Gasteiger partial charge in [0.15, 0.2) is 9.84 Å². The molecule has 1 saturated heterocycles. The summed E-state index contributed by atoms with van der Waals surface area (Å²) in [4.78, 5) is 27.9. The number of carbonyl (C=O) groups excluding carboxylic acids is 2. The molecule has 35 heavy (non-hydrogen) atoms. The number of nitrogens with one attached hydrogen (secondary N) is 2. The Morgan fingerprint density at radius 2 is 1.71 bits per heavy atom. The van der Waals surface area contributed by atoms with E-state index in [1.54, 1.807) is 6.07 Å². The van der Waals surface area contributed by atoms with Crippen LogP contribution in [-0.2, 0) is 21.4 Å². The molecule has 0 spiro atoms. The normalized spacial score (nSPS) is 15.9. The van der Waals surface area contributed by atoms with Crippen LogP contribution < -0.4 is 10.6 Å². The van der Waals surface area contributed by atoms with Gasteiger partial charge in [-0.15, -0.1) is 11.3 Å². The molecule has 1 aromatic carbocycles. The predicted octanol–water partition coefficient (Wildman–Crippen LogP) is 4.45. The van der Waals surface area contributed by atoms with Crippen molar-refractivity contribution in [2.75, 3.05) is 35.2 Å². The van der Waals surface area contributed by atoms with Gasteiger partial charge in [-0.1, -0.05) is 20.8 Å². The number of anilines is 2. The molecule has 2 N–H and O–H groups in total. The Hall–Kier alpha value is -3.11. The average molecular weight is 529 g/mol. The van der Waals surface area contributed by atoms with E-state index in [4.69, 9.17) is 5.26 Å². The zero-order valence-electron chi connectivity index (χ0n) is 19.1. The van der Waals surface area contributed by atoms with Crippen molar-refractivity contribution in [3.63, 3.8) is 0 Å². The van der Waals surface area contributed by atoms with Crippen LogP contribution in [0.25, 0.3) is 0 Å². The van der Waals surface area contributed by atoms with Crippen molar-refractivity contribution in [2.45, 2.75) is 32.4 Å². The van der Waals surface area contributed by atoms with Gasteiger partial charge in [-0.2, -0.15) is 18.4 Å². The highest BCUT2D eigenvalue weighted by molar-refractivity contribution is 7.91. The largest absolute Gasteiger partial charge is 0.417 e. The summed E-state index contributed by atoms with van der Waals surface area (Å²) in [6.07, 6.45) is -4.78. The van der Waals surface area contributed by atoms with Gasteiger partial charge in [0.1, 0.15) is 5.00 Å². The Balaban J connectivity index is 1.86. The molecule has 2 heterocycles. The van der Waals surface area contributed by atoms with E-state index in [2.05, 4.69) is 10.6 Å². The summed E-state index contributed by atoms with van der Waals surface area (Å²) in [5.41, 5.74) is -2.13. The van der Waals surface area contributed by atoms with Gasteiger partial charge >= 0.3 is 12.2 Å². The highest BCUT2D eigenvalue weighted by atomic mass is 32.2. The fourth-order valence-electron chi connectivity index (χ4n) is 3.32. The van der Waals surface area contributed by atoms with Crippen molar-refractivity contribution in [3.8, 4) is 6.07 Å². The Morgan fingerprint density at radius 1 is 1.09 bits per heavy atom. The molecular weight excluding hydrogens is 505 g/mol. The van der Waals surface area contributed by atoms with Crippen molar-refractivity contribution in [2.24, 2.45) is 0 Å². The molecule has 188 valence electrons. The number of amides is 3. The van der Waals surface area contributed by atoms with E-state index in [1.165, 1.54) is 17.0 Å². The fourth-order valence-corrected chi connectivity index (χ4v) is 5.62. The topological polar surface area (TPSA) is 119 Å². The molecule has 2 aromatic rings. The van der Waals surface area contributed by atoms with Crippen LogP contribution in [0.2, 0.25) is 0 Å². The van der Waals surface area contributed by atoms with Crippen molar-refractivity contribution in [1.82, 2.24) is 4.90 Å². The standard InChI is InChI=1S/C22H23F3N4O4S2/c1-21(2,3)17-11-15(19(30)29-6-8-35(32,33)9-7-29)18(34-17)28-20(31)27-14-5-4-13(12-26)16(10-14)22(23,24)25/h4-5,10-11H,6-9H2,1-3H3,(H2,27,28,31). The third kappa shape index (κ3) is 6.32. The number of benzene rings is 1. The van der Waals surface area contributed by atoms with Crippen LogP contribution in [0.5, 0.6) is 0 Å². The number of nitriles is 1. The Kier molecular flexibility index (Phi) is 7.19. The van der Waals surface area contributed by atoms with Crippen molar-refractivity contribution in [3.05, 3.63) is 45.8 Å². The lowest BCUT2D eigenvalue weighted by molar-refractivity contribution is -0.137. The smallest absolute Gasteiger partial charge is 0.337 e. The van der Waals surface area contributed by atoms with Crippen molar-refractivity contribution in [1.29, 1.82) is 5.26 Å². The molecule has 0 atom stereocenters. The van der Waals surface area contributed by atoms with Gasteiger partial charge in [0.2, 0.25) is 0 Å². The molecule has 0 saturated carbocycles. The molecule has 3 rings (SSSR count). The zero-order valence-corrected chi connectivity index (χ0v) is 20.7. The van der Waals surface area contributed by atoms with Gasteiger partial charge in [-0.3, -0.25) is 10.1 Å². The van der Waals surface area contributed by atoms with Crippen LogP contribution in [0, 0.1) is 11.3 Å². The van der Waals surface area contributed by atoms with Gasteiger partial charge in [-0.25, -0.2) is 13.2 Å². The molecule has 13 heteroatoms. The SMILES string of the molecule is CC(C)(C)c1cc(C(=O)N2CCS(=O)(=O)CC2)c(NC(=O)Nc2ccc(C#N)c(C(F)(F)F)c2)s1. The minimum absolute atomic E-state index is 0.0267. The number of thiophene rings is 1. The zero-order chi connectivity index (χ0) is 26.2. The van der Waals surface area contributed by atoms with Gasteiger partial charge in [0.05, 0.1) is 34.3 Å². The summed E-state index contributed by atoms with van der Waals surface area (Å²) in [6.45, 7) is 5.80. The number of hydrogen-bond donors (Lipinski definition) is 2. The second-order valence-corrected chi connectivity index (χ2v) is 12.4. The highest BCUT2D eigenvalue weighted by Crippen LogP contribution is 2.37. The summed E-state index contributed by atoms with van der Waals surface area (Å²) in [7, 11) is -3.20. The lowest BCUT2D eigenvalue weighted by Gasteiger charge is -2.26. The van der Waals surface area contributed by atoms with E-state index >= 15 is 0 Å². The number of nitrogens with zero attached hydrogens (tertiary/aromatic N) is 2. The van der Waals surface area contributed by atoms with Crippen LogP contribution in [0.3, 0.4) is 0 Å². The maximum atomic E-state index is 13.2. The van der Waals surface area contributed by atoms with Crippen LogP contribution in [0.4, 0.5) is 28.7 Å². The van der Waals surface area contributed by atoms with Gasteiger partial charge in [-0.05, 0) is 29.7 Å². The molecule has 1 aromatic heterocycles. The first-order valence-corrected chi connectivity index (χ1v) is 13.1. The third-order valence-corrected chi connectivity index (χ3v) is 8.35. The molecular formula is C22H23F3N4O4S2. The van der Waals surface area contributed by atoms with E-state index < -0.39 is 39.1 Å². The van der Waals surface area contributed by atoms with Crippen LogP contribution in [0.1, 0.15) is 47.1 Å². The number of urea groups is 1. The number of halogens is 3. The highest BCUT2D eigenvalue weighted by Gasteiger charge is 2.34. The quantitative estimate of drug-likeness (QED) is 0.610. The predicted molar refractivity (Wildman–Crippen MR) is 126 cm³/mol. The van der Waals surface area contributed by atoms with Gasteiger partial charge in [0, 0.05) is 23.7 Å². The van der Waals surface area contributed by atoms with Crippen LogP contribution >= 0.6 is 11.3 Å². The Bertz CT molecular complexity index is 1290. The van der Waals surface area contributed by atoms with E-state index in [0.29, 0.717) is 6.07 Å². The fraction of sp³-hybridized carbons (Fsp3) is 0.409. The molecule has 0 bridgehead atoms. The van der Waals surface area contributed by atoms with E-state index in [9.17, 15) is 31.2 Å². The number of sulfone groups is 1. The molecule has 1 fully saturated rings. The number of alkyl halides is 3. The van der Waals surface area contributed by atoms with Gasteiger partial charge < -0.3 is 10.2 Å². The molecule has 1 aliphatic rings. The maximum absolute atomic E-state index is 13.2. The van der Waals surface area contributed by atoms with Crippen LogP contribution in [-0.4, -0.2) is 49.9 Å². The second kappa shape index (κ2) is 9.50. The van der Waals surface area contributed by atoms with E-state index in [-0.39, 0.29) is 46.3 Å². The molecule has 0 radical (unpaired) electrons. The second-order valence-electron chi connectivity index (χ2n) is 9.00. The first-order chi connectivity index (χ1) is 16.1. The molecule has 0 unspecified atom stereocenters. The lowest BCUT2D eigenvalue weighted by Crippen LogP contribution is -2.43. The van der Waals surface area contributed by atoms with E-state index in [1.807, 2.05) is 20.8 Å². The first-order valence-electron chi connectivity index (χ1n) is 10.4. The summed E-state index contributed by atoms with van der Waals surface area (Å²) in [5.74, 6) is -0.753. The molecule has 1 aliphatic heterocycles. The van der Waals surface area contributed by atoms with Crippen LogP contribution in [0.15, 0.2) is 24.3 Å². The number of rotatable bonds is 3. The minimum Gasteiger partial charge on any atom is -0.337 e. The third-order valence-electron chi connectivity index (χ3n) is 5.26. The number of carbonyl (C=O) groups is 2. The summed E-state index contributed by atoms with van der Waals surface area (Å²) in [5, 5.41) is 13.9. The first kappa shape index (κ1) is 26.5. The monoisotopic (exact) mass is 528 g/mol. The average Bonchev–Trinajstić information content (AvgIpc) is 3.16. The Labute approximate surface area is 204 Å². The van der Waals surface area contributed by atoms with E-state index in [0.717, 1.165) is 22.3 Å². The van der Waals surface area contributed by atoms with Crippen molar-refractivity contribution < 1.29 is 31.2 Å². The maximum Gasteiger partial charge on any atom is 0.417 e. The number of hydrogen-bond acceptors (Lipinski definition) is 6. The lowest BCUT2D eigenvalue weighted by atomic mass is 9.94. The molecule has 0 aliphatic carbocycles. The van der Waals surface area contributed by atoms with Gasteiger partial charge in [0.25, 0.3) is 5.91 Å². The molecule has 8 nitrogen and oxygen atoms in total. The summed E-state index contributed by atoms with van der Waals surface area (Å²) >= 11 is 1.15. The Morgan fingerprint density at radius 3 is 2.26 bits per heavy atom. The summed E-state index contributed by atoms with van der Waals surface area (Å²) in [6, 6.07) is 5.02. The minimum atomic E-state index is -4.78.